The highest BCUT2D eigenvalue weighted by Crippen LogP contribution is 2.21. The van der Waals surface area contributed by atoms with Gasteiger partial charge in [0.15, 0.2) is 6.61 Å². The molecular weight excluding hydrogens is 362 g/mol. The fourth-order valence-electron chi connectivity index (χ4n) is 2.78. The summed E-state index contributed by atoms with van der Waals surface area (Å²) in [5, 5.41) is 0. The number of ether oxygens (including phenoxy) is 3. The molecule has 0 amide bonds. The Kier molecular flexibility index (Phi) is 7.37. The van der Waals surface area contributed by atoms with Gasteiger partial charge in [-0.15, -0.1) is 0 Å². The third-order valence-corrected chi connectivity index (χ3v) is 4.03. The molecule has 0 unspecified atom stereocenters. The van der Waals surface area contributed by atoms with Crippen LogP contribution in [0.25, 0.3) is 0 Å². The molecule has 2 aromatic rings. The van der Waals surface area contributed by atoms with Crippen molar-refractivity contribution in [2.45, 2.75) is 34.1 Å². The number of Topliss-reactive ketones (excluding diaryl/α,β-unsaturated/α-hetero) is 1. The summed E-state index contributed by atoms with van der Waals surface area (Å²) in [4.78, 5) is 39.9. The first-order valence-electron chi connectivity index (χ1n) is 9.18. The Morgan fingerprint density at radius 3 is 2.14 bits per heavy atom. The smallest absolute Gasteiger partial charge is 0.340 e. The van der Waals surface area contributed by atoms with E-state index >= 15 is 0 Å². The maximum Gasteiger partial charge on any atom is 0.340 e. The van der Waals surface area contributed by atoms with E-state index in [1.165, 1.54) is 0 Å². The second kappa shape index (κ2) is 9.73. The topological polar surface area (TPSA) is 94.7 Å². The molecular formula is C21H25NO6. The highest BCUT2D eigenvalue weighted by atomic mass is 16.5. The van der Waals surface area contributed by atoms with Crippen molar-refractivity contribution >= 4 is 17.7 Å². The Labute approximate surface area is 164 Å². The van der Waals surface area contributed by atoms with E-state index in [0.29, 0.717) is 29.3 Å². The normalized spacial score (nSPS) is 10.4. The molecule has 0 aliphatic carbocycles. The van der Waals surface area contributed by atoms with Crippen molar-refractivity contribution in [3.63, 3.8) is 0 Å². The van der Waals surface area contributed by atoms with Crippen molar-refractivity contribution in [2.24, 2.45) is 0 Å². The van der Waals surface area contributed by atoms with Gasteiger partial charge in [0.2, 0.25) is 5.78 Å². The van der Waals surface area contributed by atoms with Crippen LogP contribution in [0.1, 0.15) is 62.7 Å². The van der Waals surface area contributed by atoms with Crippen molar-refractivity contribution in [1.82, 2.24) is 4.98 Å². The predicted octanol–water partition coefficient (Wildman–Crippen LogP) is 3.64. The van der Waals surface area contributed by atoms with Crippen LogP contribution in [0.4, 0.5) is 0 Å². The van der Waals surface area contributed by atoms with Crippen LogP contribution in [-0.4, -0.2) is 42.5 Å². The van der Waals surface area contributed by atoms with Crippen LogP contribution in [0.3, 0.4) is 0 Å². The zero-order valence-corrected chi connectivity index (χ0v) is 16.6. The van der Waals surface area contributed by atoms with Gasteiger partial charge in [0, 0.05) is 11.4 Å². The lowest BCUT2D eigenvalue weighted by atomic mass is 10.1. The van der Waals surface area contributed by atoms with E-state index in [2.05, 4.69) is 4.98 Å². The van der Waals surface area contributed by atoms with Gasteiger partial charge in [-0.3, -0.25) is 4.79 Å². The van der Waals surface area contributed by atoms with Crippen molar-refractivity contribution < 1.29 is 28.6 Å². The number of aromatic nitrogens is 1. The number of ketones is 1. The molecule has 1 N–H and O–H groups in total. The van der Waals surface area contributed by atoms with Gasteiger partial charge < -0.3 is 19.2 Å². The van der Waals surface area contributed by atoms with Gasteiger partial charge in [0.25, 0.3) is 0 Å². The summed E-state index contributed by atoms with van der Waals surface area (Å²) in [7, 11) is 0. The van der Waals surface area contributed by atoms with E-state index in [-0.39, 0.29) is 17.7 Å². The summed E-state index contributed by atoms with van der Waals surface area (Å²) < 4.78 is 15.6. The largest absolute Gasteiger partial charge is 0.494 e. The van der Waals surface area contributed by atoms with Gasteiger partial charge in [-0.1, -0.05) is 6.92 Å². The van der Waals surface area contributed by atoms with Gasteiger partial charge in [-0.2, -0.15) is 0 Å². The second-order valence-corrected chi connectivity index (χ2v) is 6.22. The van der Waals surface area contributed by atoms with Crippen molar-refractivity contribution in [1.29, 1.82) is 0 Å². The summed E-state index contributed by atoms with van der Waals surface area (Å²) >= 11 is 0. The first-order chi connectivity index (χ1) is 13.4. The van der Waals surface area contributed by atoms with Gasteiger partial charge in [0.05, 0.1) is 29.9 Å². The Balaban J connectivity index is 2.06. The number of hydrogen-bond donors (Lipinski definition) is 1. The van der Waals surface area contributed by atoms with Crippen molar-refractivity contribution in [3.05, 3.63) is 52.3 Å². The molecule has 0 atom stereocenters. The molecule has 1 aromatic heterocycles. The molecule has 1 aromatic carbocycles. The van der Waals surface area contributed by atoms with Crippen LogP contribution in [0, 0.1) is 13.8 Å². The number of aromatic amines is 1. The first-order valence-corrected chi connectivity index (χ1v) is 9.18. The number of aryl methyl sites for hydroxylation is 2. The molecule has 0 aliphatic rings. The van der Waals surface area contributed by atoms with E-state index in [1.54, 1.807) is 45.0 Å². The van der Waals surface area contributed by atoms with E-state index in [0.717, 1.165) is 6.42 Å². The molecule has 0 saturated carbocycles. The second-order valence-electron chi connectivity index (χ2n) is 6.22. The lowest BCUT2D eigenvalue weighted by Crippen LogP contribution is -2.18. The molecule has 0 fully saturated rings. The van der Waals surface area contributed by atoms with E-state index < -0.39 is 24.3 Å². The Morgan fingerprint density at radius 1 is 0.893 bits per heavy atom. The van der Waals surface area contributed by atoms with Gasteiger partial charge in [0.1, 0.15) is 5.75 Å². The first kappa shape index (κ1) is 21.2. The number of rotatable bonds is 9. The van der Waals surface area contributed by atoms with Crippen LogP contribution in [-0.2, 0) is 9.47 Å². The minimum absolute atomic E-state index is 0.179. The van der Waals surface area contributed by atoms with Gasteiger partial charge >= 0.3 is 11.9 Å². The lowest BCUT2D eigenvalue weighted by Gasteiger charge is -2.08. The third-order valence-electron chi connectivity index (χ3n) is 4.03. The lowest BCUT2D eigenvalue weighted by molar-refractivity contribution is 0.0472. The molecule has 1 heterocycles. The summed E-state index contributed by atoms with van der Waals surface area (Å²) in [6, 6.07) is 6.50. The van der Waals surface area contributed by atoms with Crippen molar-refractivity contribution in [2.75, 3.05) is 19.8 Å². The summed E-state index contributed by atoms with van der Waals surface area (Å²) in [5.41, 5.74) is 1.74. The van der Waals surface area contributed by atoms with E-state index in [9.17, 15) is 14.4 Å². The number of nitrogens with one attached hydrogen (secondary N) is 1. The Bertz CT molecular complexity index is 851. The van der Waals surface area contributed by atoms with E-state index in [1.807, 2.05) is 6.92 Å². The number of H-pyrrole nitrogens is 1. The van der Waals surface area contributed by atoms with Gasteiger partial charge in [-0.05, 0) is 51.5 Å². The van der Waals surface area contributed by atoms with Crippen molar-refractivity contribution in [3.8, 4) is 5.75 Å². The molecule has 2 rings (SSSR count). The highest BCUT2D eigenvalue weighted by Gasteiger charge is 2.26. The Morgan fingerprint density at radius 2 is 1.54 bits per heavy atom. The average molecular weight is 387 g/mol. The number of esters is 2. The molecule has 0 aliphatic heterocycles. The zero-order chi connectivity index (χ0) is 20.7. The maximum absolute atomic E-state index is 12.6. The average Bonchev–Trinajstić information content (AvgIpc) is 2.98. The Hall–Kier alpha value is -3.09. The molecule has 0 saturated heterocycles. The minimum Gasteiger partial charge on any atom is -0.494 e. The molecule has 150 valence electrons. The fourth-order valence-corrected chi connectivity index (χ4v) is 2.78. The minimum atomic E-state index is -0.627. The fraction of sp³-hybridized carbons (Fsp3) is 0.381. The number of benzene rings is 1. The summed E-state index contributed by atoms with van der Waals surface area (Å²) in [5.74, 6) is -1.02. The zero-order valence-electron chi connectivity index (χ0n) is 16.6. The number of hydrogen-bond acceptors (Lipinski definition) is 6. The highest BCUT2D eigenvalue weighted by molar-refractivity contribution is 6.09. The molecule has 0 radical (unpaired) electrons. The number of carbonyl (C=O) groups excluding carboxylic acids is 3. The standard InChI is InChI=1S/C21H25NO6/c1-5-11-27-16-9-7-15(8-10-16)20(24)28-12-17(23)18-13(3)22-14(4)19(18)21(25)26-6-2/h7-10,22H,5-6,11-12H2,1-4H3. The quantitative estimate of drug-likeness (QED) is 0.521. The predicted molar refractivity (Wildman–Crippen MR) is 103 cm³/mol. The third kappa shape index (κ3) is 5.00. The molecule has 7 heteroatoms. The van der Waals surface area contributed by atoms with Crippen LogP contribution in [0.5, 0.6) is 5.75 Å². The van der Waals surface area contributed by atoms with E-state index in [4.69, 9.17) is 14.2 Å². The van der Waals surface area contributed by atoms with Crippen LogP contribution >= 0.6 is 0 Å². The van der Waals surface area contributed by atoms with Crippen LogP contribution in [0.2, 0.25) is 0 Å². The maximum atomic E-state index is 12.6. The van der Waals surface area contributed by atoms with Gasteiger partial charge in [-0.25, -0.2) is 9.59 Å². The number of carbonyl (C=O) groups is 3. The van der Waals surface area contributed by atoms with Crippen LogP contribution < -0.4 is 4.74 Å². The molecule has 0 bridgehead atoms. The monoisotopic (exact) mass is 387 g/mol. The molecule has 0 spiro atoms. The van der Waals surface area contributed by atoms with Crippen LogP contribution in [0.15, 0.2) is 24.3 Å². The summed E-state index contributed by atoms with van der Waals surface area (Å²) in [6.07, 6.45) is 0.887. The molecule has 7 nitrogen and oxygen atoms in total. The summed E-state index contributed by atoms with van der Waals surface area (Å²) in [6.45, 7) is 7.37. The molecule has 28 heavy (non-hydrogen) atoms. The SMILES string of the molecule is CCCOc1ccc(C(=O)OCC(=O)c2c(C)[nH]c(C)c2C(=O)OCC)cc1.